The number of likely N-dealkylation sites (tertiary alicyclic amines) is 1. The molecule has 180 valence electrons. The lowest BCUT2D eigenvalue weighted by Crippen LogP contribution is -2.41. The quantitative estimate of drug-likeness (QED) is 0.315. The van der Waals surface area contributed by atoms with Crippen LogP contribution in [0.25, 0.3) is 0 Å². The second kappa shape index (κ2) is 13.1. The number of nitrogens with zero attached hydrogens (tertiary/aromatic N) is 4. The van der Waals surface area contributed by atoms with Gasteiger partial charge in [0, 0.05) is 51.9 Å². The largest absolute Gasteiger partial charge is 0.376 e. The maximum absolute atomic E-state index is 5.97. The van der Waals surface area contributed by atoms with Gasteiger partial charge in [-0.15, -0.1) is 24.0 Å². The molecule has 0 bridgehead atoms. The lowest BCUT2D eigenvalue weighted by atomic mass is 10.1. The molecular formula is C25H36IN5O2. The summed E-state index contributed by atoms with van der Waals surface area (Å²) in [5, 5.41) is 3.53. The standard InChI is InChI=1S/C25H35N5O2.HI/c1-20-16-29(12-13-32-20)24-14-22(8-10-27-24)15-28-25(26-2)30-11-9-23(17-30)19-31-18-21-6-4-3-5-7-21;/h3-8,10,14,20,23H,9,11-13,15-19H2,1-2H3,(H,26,28);1H. The van der Waals surface area contributed by atoms with Gasteiger partial charge in [0.05, 0.1) is 25.9 Å². The fraction of sp³-hybridized carbons (Fsp3) is 0.520. The Bertz CT molecular complexity index is 882. The Hall–Kier alpha value is -1.91. The predicted octanol–water partition coefficient (Wildman–Crippen LogP) is 3.54. The molecule has 2 atom stereocenters. The van der Waals surface area contributed by atoms with E-state index < -0.39 is 0 Å². The molecule has 0 spiro atoms. The molecule has 0 saturated carbocycles. The van der Waals surface area contributed by atoms with Crippen molar-refractivity contribution in [3.8, 4) is 0 Å². The summed E-state index contributed by atoms with van der Waals surface area (Å²) in [6, 6.07) is 14.6. The number of nitrogens with one attached hydrogen (secondary N) is 1. The number of hydrogen-bond acceptors (Lipinski definition) is 5. The third-order valence-electron chi connectivity index (χ3n) is 6.09. The number of guanidine groups is 1. The normalized spacial score (nSPS) is 21.1. The summed E-state index contributed by atoms with van der Waals surface area (Å²) in [6.45, 7) is 8.80. The summed E-state index contributed by atoms with van der Waals surface area (Å²) in [7, 11) is 1.86. The van der Waals surface area contributed by atoms with Crippen LogP contribution in [-0.4, -0.2) is 68.4 Å². The molecule has 1 N–H and O–H groups in total. The first-order chi connectivity index (χ1) is 15.7. The summed E-state index contributed by atoms with van der Waals surface area (Å²) in [5.41, 5.74) is 2.43. The molecule has 2 saturated heterocycles. The maximum Gasteiger partial charge on any atom is 0.193 e. The molecule has 8 heteroatoms. The van der Waals surface area contributed by atoms with Gasteiger partial charge in [0.15, 0.2) is 5.96 Å². The monoisotopic (exact) mass is 565 g/mol. The van der Waals surface area contributed by atoms with E-state index in [9.17, 15) is 0 Å². The van der Waals surface area contributed by atoms with E-state index in [1.807, 2.05) is 19.3 Å². The third-order valence-corrected chi connectivity index (χ3v) is 6.09. The smallest absolute Gasteiger partial charge is 0.193 e. The van der Waals surface area contributed by atoms with Crippen LogP contribution >= 0.6 is 24.0 Å². The van der Waals surface area contributed by atoms with Crippen molar-refractivity contribution in [3.63, 3.8) is 0 Å². The fourth-order valence-corrected chi connectivity index (χ4v) is 4.36. The van der Waals surface area contributed by atoms with Gasteiger partial charge < -0.3 is 24.6 Å². The Kier molecular flexibility index (Phi) is 10.2. The summed E-state index contributed by atoms with van der Waals surface area (Å²) in [5.74, 6) is 2.51. The van der Waals surface area contributed by atoms with Crippen LogP contribution in [0.4, 0.5) is 5.82 Å². The van der Waals surface area contributed by atoms with E-state index in [-0.39, 0.29) is 30.1 Å². The van der Waals surface area contributed by atoms with Crippen molar-refractivity contribution >= 4 is 35.8 Å². The van der Waals surface area contributed by atoms with Crippen LogP contribution in [0.15, 0.2) is 53.7 Å². The average Bonchev–Trinajstić information content (AvgIpc) is 3.29. The van der Waals surface area contributed by atoms with Crippen molar-refractivity contribution in [3.05, 3.63) is 59.8 Å². The number of rotatable bonds is 7. The van der Waals surface area contributed by atoms with Crippen LogP contribution in [-0.2, 0) is 22.6 Å². The van der Waals surface area contributed by atoms with E-state index in [0.29, 0.717) is 12.5 Å². The molecule has 7 nitrogen and oxygen atoms in total. The zero-order chi connectivity index (χ0) is 22.2. The molecule has 0 radical (unpaired) electrons. The number of benzene rings is 1. The highest BCUT2D eigenvalue weighted by Gasteiger charge is 2.25. The summed E-state index contributed by atoms with van der Waals surface area (Å²) >= 11 is 0. The van der Waals surface area contributed by atoms with Gasteiger partial charge in [-0.1, -0.05) is 30.3 Å². The minimum absolute atomic E-state index is 0. The molecule has 2 unspecified atom stereocenters. The third kappa shape index (κ3) is 7.55. The summed E-state index contributed by atoms with van der Waals surface area (Å²) in [6.07, 6.45) is 3.26. The van der Waals surface area contributed by atoms with Crippen molar-refractivity contribution in [1.29, 1.82) is 0 Å². The van der Waals surface area contributed by atoms with Crippen molar-refractivity contribution in [2.24, 2.45) is 10.9 Å². The molecule has 2 aromatic rings. The fourth-order valence-electron chi connectivity index (χ4n) is 4.36. The molecule has 4 rings (SSSR count). The molecular weight excluding hydrogens is 529 g/mol. The number of aromatic nitrogens is 1. The molecule has 33 heavy (non-hydrogen) atoms. The molecule has 0 aliphatic carbocycles. The molecule has 2 fully saturated rings. The SMILES string of the molecule is CN=C(NCc1ccnc(N2CCOC(C)C2)c1)N1CCC(COCc2ccccc2)C1.I. The highest BCUT2D eigenvalue weighted by Crippen LogP contribution is 2.19. The number of morpholine rings is 1. The van der Waals surface area contributed by atoms with E-state index in [0.717, 1.165) is 64.1 Å². The first kappa shape index (κ1) is 25.7. The minimum Gasteiger partial charge on any atom is -0.376 e. The first-order valence-corrected chi connectivity index (χ1v) is 11.6. The van der Waals surface area contributed by atoms with E-state index in [4.69, 9.17) is 9.47 Å². The van der Waals surface area contributed by atoms with Gasteiger partial charge in [-0.2, -0.15) is 0 Å². The summed E-state index contributed by atoms with van der Waals surface area (Å²) < 4.78 is 11.6. The van der Waals surface area contributed by atoms with Gasteiger partial charge in [-0.3, -0.25) is 4.99 Å². The van der Waals surface area contributed by atoms with Crippen molar-refractivity contribution in [1.82, 2.24) is 15.2 Å². The zero-order valence-corrected chi connectivity index (χ0v) is 22.0. The number of aliphatic imine (C=N–C) groups is 1. The van der Waals surface area contributed by atoms with Crippen LogP contribution in [0.3, 0.4) is 0 Å². The van der Waals surface area contributed by atoms with E-state index in [1.165, 1.54) is 11.1 Å². The van der Waals surface area contributed by atoms with Crippen LogP contribution in [0.5, 0.6) is 0 Å². The highest BCUT2D eigenvalue weighted by atomic mass is 127. The van der Waals surface area contributed by atoms with E-state index >= 15 is 0 Å². The van der Waals surface area contributed by atoms with Gasteiger partial charge >= 0.3 is 0 Å². The van der Waals surface area contributed by atoms with Crippen molar-refractivity contribution in [2.75, 3.05) is 51.3 Å². The van der Waals surface area contributed by atoms with Crippen LogP contribution in [0, 0.1) is 5.92 Å². The second-order valence-corrected chi connectivity index (χ2v) is 8.65. The number of anilines is 1. The zero-order valence-electron chi connectivity index (χ0n) is 19.7. The lowest BCUT2D eigenvalue weighted by molar-refractivity contribution is 0.0529. The van der Waals surface area contributed by atoms with Gasteiger partial charge in [-0.25, -0.2) is 4.98 Å². The Balaban J connectivity index is 0.00000306. The molecule has 1 aromatic heterocycles. The van der Waals surface area contributed by atoms with Crippen LogP contribution < -0.4 is 10.2 Å². The van der Waals surface area contributed by atoms with Gasteiger partial charge in [0.25, 0.3) is 0 Å². The number of halogens is 1. The van der Waals surface area contributed by atoms with Gasteiger partial charge in [0.1, 0.15) is 5.82 Å². The Morgan fingerprint density at radius 1 is 1.18 bits per heavy atom. The average molecular weight is 566 g/mol. The molecule has 1 aromatic carbocycles. The molecule has 3 heterocycles. The van der Waals surface area contributed by atoms with Crippen LogP contribution in [0.2, 0.25) is 0 Å². The predicted molar refractivity (Wildman–Crippen MR) is 143 cm³/mol. The Labute approximate surface area is 214 Å². The maximum atomic E-state index is 5.97. The number of pyridine rings is 1. The molecule has 0 amide bonds. The van der Waals surface area contributed by atoms with Gasteiger partial charge in [-0.05, 0) is 36.6 Å². The second-order valence-electron chi connectivity index (χ2n) is 8.65. The minimum atomic E-state index is 0. The highest BCUT2D eigenvalue weighted by molar-refractivity contribution is 14.0. The Morgan fingerprint density at radius 3 is 2.82 bits per heavy atom. The van der Waals surface area contributed by atoms with E-state index in [1.54, 1.807) is 0 Å². The topological polar surface area (TPSA) is 62.2 Å². The number of hydrogen-bond donors (Lipinski definition) is 1. The summed E-state index contributed by atoms with van der Waals surface area (Å²) in [4.78, 5) is 13.7. The van der Waals surface area contributed by atoms with E-state index in [2.05, 4.69) is 68.4 Å². The van der Waals surface area contributed by atoms with Gasteiger partial charge in [0.2, 0.25) is 0 Å². The number of ether oxygens (including phenoxy) is 2. The lowest BCUT2D eigenvalue weighted by Gasteiger charge is -2.32. The molecule has 2 aliphatic rings. The molecule has 2 aliphatic heterocycles. The first-order valence-electron chi connectivity index (χ1n) is 11.6. The Morgan fingerprint density at radius 2 is 2.03 bits per heavy atom. The van der Waals surface area contributed by atoms with Crippen molar-refractivity contribution in [2.45, 2.75) is 32.6 Å². The van der Waals surface area contributed by atoms with Crippen LogP contribution in [0.1, 0.15) is 24.5 Å². The van der Waals surface area contributed by atoms with Crippen molar-refractivity contribution < 1.29 is 9.47 Å².